The summed E-state index contributed by atoms with van der Waals surface area (Å²) in [6.07, 6.45) is 0. The van der Waals surface area contributed by atoms with Gasteiger partial charge in [-0.1, -0.05) is 60.7 Å². The lowest BCUT2D eigenvalue weighted by atomic mass is 9.94. The fourth-order valence-corrected chi connectivity index (χ4v) is 7.26. The summed E-state index contributed by atoms with van der Waals surface area (Å²) < 4.78 is 2.04. The number of nitrogens with zero attached hydrogens (tertiary/aromatic N) is 7. The van der Waals surface area contributed by atoms with Crippen LogP contribution in [0.3, 0.4) is 0 Å². The third-order valence-electron chi connectivity index (χ3n) is 10.3. The second-order valence-electron chi connectivity index (χ2n) is 12.8. The van der Waals surface area contributed by atoms with Gasteiger partial charge in [0.25, 0.3) is 0 Å². The highest BCUT2D eigenvalue weighted by atomic mass is 15.1. The summed E-state index contributed by atoms with van der Waals surface area (Å²) in [6, 6.07) is 20.7. The van der Waals surface area contributed by atoms with E-state index in [-0.39, 0.29) is 0 Å². The molecule has 1 N–H and O–H groups in total. The number of hydrogen-bond acceptors (Lipinski definition) is 6. The molecule has 0 unspecified atom stereocenters. The molecule has 3 aromatic heterocycles. The highest BCUT2D eigenvalue weighted by Crippen LogP contribution is 2.40. The van der Waals surface area contributed by atoms with Crippen LogP contribution in [-0.2, 0) is 7.05 Å². The van der Waals surface area contributed by atoms with Gasteiger partial charge < -0.3 is 9.55 Å². The van der Waals surface area contributed by atoms with E-state index in [9.17, 15) is 0 Å². The van der Waals surface area contributed by atoms with E-state index in [2.05, 4.69) is 82.9 Å². The SMILES string of the molecule is Cc1ccc2c(c1C)-c1nc-2nc2c3ccccc3c(nc3nc(nc4[nH]c(n1)c1c(C)c(C)c(C)c(C)c41)-c1ccccc1-3)n2C. The second-order valence-corrected chi connectivity index (χ2v) is 12.8. The van der Waals surface area contributed by atoms with Crippen LogP contribution in [0.15, 0.2) is 60.7 Å². The molecule has 0 saturated carbocycles. The van der Waals surface area contributed by atoms with Crippen molar-refractivity contribution in [2.45, 2.75) is 41.5 Å². The Labute approximate surface area is 271 Å². The van der Waals surface area contributed by atoms with Crippen LogP contribution >= 0.6 is 0 Å². The molecule has 0 atom stereocenters. The molecule has 0 radical (unpaired) electrons. The van der Waals surface area contributed by atoms with Crippen LogP contribution in [0.5, 0.6) is 0 Å². The topological polar surface area (TPSA) is 98.1 Å². The molecule has 5 heterocycles. The van der Waals surface area contributed by atoms with Crippen molar-refractivity contribution in [2.75, 3.05) is 0 Å². The Morgan fingerprint density at radius 2 is 0.957 bits per heavy atom. The Morgan fingerprint density at radius 3 is 1.55 bits per heavy atom. The minimum Gasteiger partial charge on any atom is -0.324 e. The van der Waals surface area contributed by atoms with E-state index >= 15 is 0 Å². The molecule has 0 spiro atoms. The van der Waals surface area contributed by atoms with E-state index in [0.717, 1.165) is 72.0 Å². The van der Waals surface area contributed by atoms with E-state index in [0.29, 0.717) is 23.3 Å². The fraction of sp³-hybridized carbons (Fsp3) is 0.179. The maximum Gasteiger partial charge on any atom is 0.165 e. The monoisotopic (exact) mass is 612 g/mol. The highest BCUT2D eigenvalue weighted by Gasteiger charge is 2.25. The van der Waals surface area contributed by atoms with Crippen molar-refractivity contribution in [3.8, 4) is 45.6 Å². The van der Waals surface area contributed by atoms with E-state index in [1.807, 2.05) is 35.9 Å². The van der Waals surface area contributed by atoms with E-state index < -0.39 is 0 Å². The van der Waals surface area contributed by atoms with Gasteiger partial charge in [0.1, 0.15) is 22.6 Å². The quantitative estimate of drug-likeness (QED) is 0.184. The lowest BCUT2D eigenvalue weighted by Gasteiger charge is -2.11. The molecule has 2 aliphatic heterocycles. The van der Waals surface area contributed by atoms with Crippen LogP contribution in [0.2, 0.25) is 0 Å². The maximum atomic E-state index is 5.32. The standard InChI is InChI=1S/C39H32N8/c1-18-16-17-28-29(19(18)2)35-42-34(28)46-39-27-15-11-10-14-26(27)38(47(39)7)45-33-25-13-9-8-12-24(25)32(40-33)41-36-30-22(5)20(3)21(4)23(6)31(30)37(43-35)44-36/h8-17H,1-7H3,(H,40,41,42,43,44,45,46). The molecule has 2 aliphatic rings. The zero-order valence-corrected chi connectivity index (χ0v) is 27.4. The molecular formula is C39H32N8. The molecule has 4 aromatic carbocycles. The van der Waals surface area contributed by atoms with Crippen molar-refractivity contribution < 1.29 is 0 Å². The molecule has 47 heavy (non-hydrogen) atoms. The molecule has 8 nitrogen and oxygen atoms in total. The number of aryl methyl sites for hydroxylation is 4. The van der Waals surface area contributed by atoms with E-state index in [4.69, 9.17) is 29.9 Å². The number of aromatic amines is 1. The van der Waals surface area contributed by atoms with Gasteiger partial charge in [-0.3, -0.25) is 0 Å². The van der Waals surface area contributed by atoms with Gasteiger partial charge in [0, 0.05) is 50.8 Å². The average Bonchev–Trinajstić information content (AvgIpc) is 3.79. The van der Waals surface area contributed by atoms with Crippen molar-refractivity contribution in [3.05, 3.63) is 94.0 Å². The Balaban J connectivity index is 1.57. The van der Waals surface area contributed by atoms with Gasteiger partial charge in [-0.25, -0.2) is 29.9 Å². The third-order valence-corrected chi connectivity index (χ3v) is 10.3. The predicted molar refractivity (Wildman–Crippen MR) is 189 cm³/mol. The van der Waals surface area contributed by atoms with E-state index in [1.165, 1.54) is 27.8 Å². The van der Waals surface area contributed by atoms with Gasteiger partial charge >= 0.3 is 0 Å². The fourth-order valence-electron chi connectivity index (χ4n) is 7.26. The minimum absolute atomic E-state index is 0.616. The molecule has 0 saturated heterocycles. The maximum absolute atomic E-state index is 5.32. The Hall–Kier alpha value is -5.76. The largest absolute Gasteiger partial charge is 0.324 e. The molecule has 0 aliphatic carbocycles. The number of fused-ring (bicyclic) bond motifs is 20. The Kier molecular flexibility index (Phi) is 5.64. The van der Waals surface area contributed by atoms with Crippen LogP contribution in [0, 0.1) is 41.5 Å². The number of H-pyrrole nitrogens is 1. The summed E-state index contributed by atoms with van der Waals surface area (Å²) in [5, 5.41) is 4.08. The summed E-state index contributed by atoms with van der Waals surface area (Å²) in [5.74, 6) is 2.51. The first kappa shape index (κ1) is 27.5. The first-order valence-electron chi connectivity index (χ1n) is 15.9. The molecule has 228 valence electrons. The number of nitrogens with one attached hydrogen (secondary N) is 1. The molecule has 8 heteroatoms. The van der Waals surface area contributed by atoms with Gasteiger partial charge in [-0.15, -0.1) is 0 Å². The predicted octanol–water partition coefficient (Wildman–Crippen LogP) is 8.73. The first-order chi connectivity index (χ1) is 22.7. The van der Waals surface area contributed by atoms with Crippen molar-refractivity contribution in [3.63, 3.8) is 0 Å². The number of aromatic nitrogens is 8. The highest BCUT2D eigenvalue weighted by molar-refractivity contribution is 6.10. The Bertz CT molecular complexity index is 2710. The summed E-state index contributed by atoms with van der Waals surface area (Å²) in [7, 11) is 2.01. The van der Waals surface area contributed by atoms with Crippen LogP contribution in [-0.4, -0.2) is 39.5 Å². The normalized spacial score (nSPS) is 12.1. The molecule has 0 fully saturated rings. The summed E-state index contributed by atoms with van der Waals surface area (Å²) in [5.41, 5.74) is 14.0. The Morgan fingerprint density at radius 1 is 0.468 bits per heavy atom. The van der Waals surface area contributed by atoms with Gasteiger partial charge in [0.05, 0.1) is 0 Å². The second kappa shape index (κ2) is 9.62. The number of hydrogen-bond donors (Lipinski definition) is 1. The van der Waals surface area contributed by atoms with Crippen molar-refractivity contribution in [1.82, 2.24) is 39.5 Å². The summed E-state index contributed by atoms with van der Waals surface area (Å²) >= 11 is 0. The molecule has 9 rings (SSSR count). The smallest absolute Gasteiger partial charge is 0.165 e. The van der Waals surface area contributed by atoms with Gasteiger partial charge in [0.2, 0.25) is 0 Å². The molecule has 0 amide bonds. The number of rotatable bonds is 0. The van der Waals surface area contributed by atoms with Gasteiger partial charge in [-0.05, 0) is 74.9 Å². The summed E-state index contributed by atoms with van der Waals surface area (Å²) in [6.45, 7) is 13.0. The number of benzene rings is 4. The third kappa shape index (κ3) is 3.75. The molecule has 7 aromatic rings. The lowest BCUT2D eigenvalue weighted by molar-refractivity contribution is 0.967. The van der Waals surface area contributed by atoms with Crippen LogP contribution in [0.4, 0.5) is 0 Å². The summed E-state index contributed by atoms with van der Waals surface area (Å²) in [4.78, 5) is 34.9. The zero-order valence-electron chi connectivity index (χ0n) is 27.4. The van der Waals surface area contributed by atoms with Crippen molar-refractivity contribution in [2.24, 2.45) is 7.05 Å². The van der Waals surface area contributed by atoms with Crippen LogP contribution < -0.4 is 0 Å². The molecular weight excluding hydrogens is 580 g/mol. The molecule has 8 bridgehead atoms. The zero-order chi connectivity index (χ0) is 32.3. The van der Waals surface area contributed by atoms with Gasteiger partial charge in [-0.2, -0.15) is 0 Å². The van der Waals surface area contributed by atoms with Crippen molar-refractivity contribution >= 4 is 44.1 Å². The lowest BCUT2D eigenvalue weighted by Crippen LogP contribution is -1.93. The van der Waals surface area contributed by atoms with Crippen LogP contribution in [0.1, 0.15) is 33.4 Å². The van der Waals surface area contributed by atoms with E-state index in [1.54, 1.807) is 0 Å². The average molecular weight is 613 g/mol. The van der Waals surface area contributed by atoms with Crippen LogP contribution in [0.25, 0.3) is 89.7 Å². The first-order valence-corrected chi connectivity index (χ1v) is 15.9. The van der Waals surface area contributed by atoms with Gasteiger partial charge in [0.15, 0.2) is 23.3 Å². The van der Waals surface area contributed by atoms with Crippen molar-refractivity contribution in [1.29, 1.82) is 0 Å². The minimum atomic E-state index is 0.616.